The molecule has 0 heterocycles. The largest absolute Gasteiger partial charge is 0.354 e. The minimum atomic E-state index is -0.225. The Morgan fingerprint density at radius 2 is 1.92 bits per heavy atom. The maximum atomic E-state index is 13.8. The summed E-state index contributed by atoms with van der Waals surface area (Å²) in [4.78, 5) is 17.6. The Labute approximate surface area is 167 Å². The molecule has 25 heavy (non-hydrogen) atoms. The highest BCUT2D eigenvalue weighted by Crippen LogP contribution is 2.16. The van der Waals surface area contributed by atoms with Crippen molar-refractivity contribution in [3.05, 3.63) is 35.1 Å². The van der Waals surface area contributed by atoms with Gasteiger partial charge >= 0.3 is 0 Å². The van der Waals surface area contributed by atoms with Crippen molar-refractivity contribution in [2.45, 2.75) is 46.2 Å². The van der Waals surface area contributed by atoms with Crippen LogP contribution in [0.1, 0.15) is 44.4 Å². The van der Waals surface area contributed by atoms with Gasteiger partial charge in [-0.1, -0.05) is 19.1 Å². The van der Waals surface area contributed by atoms with Crippen LogP contribution in [0.2, 0.25) is 0 Å². The fourth-order valence-electron chi connectivity index (χ4n) is 1.92. The van der Waals surface area contributed by atoms with Crippen LogP contribution in [0, 0.1) is 12.7 Å². The van der Waals surface area contributed by atoms with Crippen molar-refractivity contribution in [3.8, 4) is 0 Å². The molecule has 7 heteroatoms. The lowest BCUT2D eigenvalue weighted by Crippen LogP contribution is -2.43. The first-order valence-corrected chi connectivity index (χ1v) is 8.28. The Kier molecular flexibility index (Phi) is 10.7. The molecule has 1 aromatic carbocycles. The van der Waals surface area contributed by atoms with Gasteiger partial charge in [-0.05, 0) is 44.4 Å². The number of aryl methyl sites for hydroxylation is 1. The van der Waals surface area contributed by atoms with E-state index in [9.17, 15) is 9.18 Å². The molecule has 0 aliphatic carbocycles. The lowest BCUT2D eigenvalue weighted by atomic mass is 10.1. The predicted octanol–water partition coefficient (Wildman–Crippen LogP) is 3.24. The van der Waals surface area contributed by atoms with Gasteiger partial charge < -0.3 is 15.5 Å². The van der Waals surface area contributed by atoms with Gasteiger partial charge in [-0.2, -0.15) is 0 Å². The SMILES string of the molecule is CCC(C)NC(=NCC(=O)N(C)C)NC(C)c1ccc(C)c(F)c1.I. The maximum Gasteiger partial charge on any atom is 0.243 e. The summed E-state index contributed by atoms with van der Waals surface area (Å²) in [7, 11) is 3.40. The van der Waals surface area contributed by atoms with Crippen LogP contribution in [0.3, 0.4) is 0 Å². The van der Waals surface area contributed by atoms with Gasteiger partial charge in [0.25, 0.3) is 0 Å². The number of guanidine groups is 1. The third-order valence-corrected chi connectivity index (χ3v) is 3.92. The first-order valence-electron chi connectivity index (χ1n) is 8.28. The minimum Gasteiger partial charge on any atom is -0.354 e. The number of halogens is 2. The molecule has 0 radical (unpaired) electrons. The smallest absolute Gasteiger partial charge is 0.243 e. The number of nitrogens with one attached hydrogen (secondary N) is 2. The van der Waals surface area contributed by atoms with Gasteiger partial charge in [0.05, 0.1) is 6.04 Å². The monoisotopic (exact) mass is 464 g/mol. The van der Waals surface area contributed by atoms with Crippen LogP contribution in [-0.4, -0.2) is 43.4 Å². The van der Waals surface area contributed by atoms with E-state index in [0.29, 0.717) is 11.5 Å². The molecule has 1 rings (SSSR count). The number of rotatable bonds is 6. The van der Waals surface area contributed by atoms with Gasteiger partial charge in [0.15, 0.2) is 5.96 Å². The third-order valence-electron chi connectivity index (χ3n) is 3.92. The van der Waals surface area contributed by atoms with Crippen LogP contribution in [0.25, 0.3) is 0 Å². The number of likely N-dealkylation sites (N-methyl/N-ethyl adjacent to an activating group) is 1. The number of hydrogen-bond acceptors (Lipinski definition) is 2. The summed E-state index contributed by atoms with van der Waals surface area (Å²) in [6, 6.07) is 5.26. The van der Waals surface area contributed by atoms with Crippen molar-refractivity contribution in [1.82, 2.24) is 15.5 Å². The second kappa shape index (κ2) is 11.3. The van der Waals surface area contributed by atoms with Crippen molar-refractivity contribution in [1.29, 1.82) is 0 Å². The van der Waals surface area contributed by atoms with Crippen LogP contribution in [-0.2, 0) is 4.79 Å². The molecule has 2 N–H and O–H groups in total. The number of benzene rings is 1. The van der Waals surface area contributed by atoms with E-state index in [2.05, 4.69) is 22.5 Å². The molecule has 1 amide bonds. The van der Waals surface area contributed by atoms with Crippen molar-refractivity contribution in [2.75, 3.05) is 20.6 Å². The van der Waals surface area contributed by atoms with Gasteiger partial charge in [0, 0.05) is 20.1 Å². The summed E-state index contributed by atoms with van der Waals surface area (Å²) in [5.74, 6) is 0.250. The normalized spacial score (nSPS) is 13.5. The summed E-state index contributed by atoms with van der Waals surface area (Å²) in [5.41, 5.74) is 1.45. The Bertz CT molecular complexity index is 592. The summed E-state index contributed by atoms with van der Waals surface area (Å²) in [6.07, 6.45) is 0.926. The molecule has 1 aromatic rings. The van der Waals surface area contributed by atoms with Crippen LogP contribution >= 0.6 is 24.0 Å². The summed E-state index contributed by atoms with van der Waals surface area (Å²) < 4.78 is 13.8. The molecule has 0 saturated heterocycles. The van der Waals surface area contributed by atoms with E-state index in [1.54, 1.807) is 27.1 Å². The average Bonchev–Trinajstić information content (AvgIpc) is 2.54. The summed E-state index contributed by atoms with van der Waals surface area (Å²) >= 11 is 0. The van der Waals surface area contributed by atoms with Gasteiger partial charge in [0.1, 0.15) is 12.4 Å². The molecular weight excluding hydrogens is 434 g/mol. The highest BCUT2D eigenvalue weighted by atomic mass is 127. The Hall–Kier alpha value is -1.38. The van der Waals surface area contributed by atoms with Crippen molar-refractivity contribution in [3.63, 3.8) is 0 Å². The molecule has 2 atom stereocenters. The van der Waals surface area contributed by atoms with Crippen LogP contribution in [0.5, 0.6) is 0 Å². The van der Waals surface area contributed by atoms with Crippen LogP contribution in [0.15, 0.2) is 23.2 Å². The van der Waals surface area contributed by atoms with Gasteiger partial charge in [-0.3, -0.25) is 4.79 Å². The molecule has 0 aromatic heterocycles. The van der Waals surface area contributed by atoms with Crippen molar-refractivity contribution in [2.24, 2.45) is 4.99 Å². The van der Waals surface area contributed by atoms with E-state index in [1.807, 2.05) is 19.9 Å². The topological polar surface area (TPSA) is 56.7 Å². The molecule has 0 saturated carbocycles. The number of carbonyl (C=O) groups is 1. The number of nitrogens with zero attached hydrogens (tertiary/aromatic N) is 2. The second-order valence-corrected chi connectivity index (χ2v) is 6.28. The highest BCUT2D eigenvalue weighted by Gasteiger charge is 2.12. The van der Waals surface area contributed by atoms with Crippen LogP contribution in [0.4, 0.5) is 4.39 Å². The Balaban J connectivity index is 0.00000576. The molecule has 2 unspecified atom stereocenters. The Morgan fingerprint density at radius 3 is 2.44 bits per heavy atom. The lowest BCUT2D eigenvalue weighted by Gasteiger charge is -2.22. The fourth-order valence-corrected chi connectivity index (χ4v) is 1.92. The quantitative estimate of drug-likeness (QED) is 0.386. The number of hydrogen-bond donors (Lipinski definition) is 2. The fraction of sp³-hybridized carbons (Fsp3) is 0.556. The maximum absolute atomic E-state index is 13.8. The van der Waals surface area contributed by atoms with E-state index in [1.165, 1.54) is 11.0 Å². The summed E-state index contributed by atoms with van der Waals surface area (Å²) in [6.45, 7) is 7.85. The predicted molar refractivity (Wildman–Crippen MR) is 112 cm³/mol. The standard InChI is InChI=1S/C18H29FN4O.HI/c1-7-13(3)21-18(20-11-17(24)23(5)6)22-14(4)15-9-8-12(2)16(19)10-15;/h8-10,13-14H,7,11H2,1-6H3,(H2,20,21,22);1H. The number of carbonyl (C=O) groups excluding carboxylic acids is 1. The zero-order chi connectivity index (χ0) is 18.3. The van der Waals surface area contributed by atoms with Crippen molar-refractivity contribution < 1.29 is 9.18 Å². The number of aliphatic imine (C=N–C) groups is 1. The molecular formula is C18H30FIN4O. The van der Waals surface area contributed by atoms with E-state index in [4.69, 9.17) is 0 Å². The second-order valence-electron chi connectivity index (χ2n) is 6.28. The minimum absolute atomic E-state index is 0. The van der Waals surface area contributed by atoms with Crippen LogP contribution < -0.4 is 10.6 Å². The molecule has 0 aliphatic rings. The zero-order valence-corrected chi connectivity index (χ0v) is 18.2. The first-order chi connectivity index (χ1) is 11.2. The zero-order valence-electron chi connectivity index (χ0n) is 15.9. The van der Waals surface area contributed by atoms with Gasteiger partial charge in [-0.15, -0.1) is 24.0 Å². The molecule has 0 spiro atoms. The molecule has 0 bridgehead atoms. The highest BCUT2D eigenvalue weighted by molar-refractivity contribution is 14.0. The lowest BCUT2D eigenvalue weighted by molar-refractivity contribution is -0.127. The van der Waals surface area contributed by atoms with E-state index in [-0.39, 0.29) is 54.3 Å². The van der Waals surface area contributed by atoms with Crippen molar-refractivity contribution >= 4 is 35.8 Å². The third kappa shape index (κ3) is 8.02. The molecule has 0 fully saturated rings. The Morgan fingerprint density at radius 1 is 1.28 bits per heavy atom. The molecule has 5 nitrogen and oxygen atoms in total. The molecule has 0 aliphatic heterocycles. The van der Waals surface area contributed by atoms with E-state index >= 15 is 0 Å². The summed E-state index contributed by atoms with van der Waals surface area (Å²) in [5, 5.41) is 6.50. The van der Waals surface area contributed by atoms with E-state index < -0.39 is 0 Å². The first kappa shape index (κ1) is 23.6. The number of amides is 1. The average molecular weight is 464 g/mol. The van der Waals surface area contributed by atoms with E-state index in [0.717, 1.165) is 12.0 Å². The van der Waals surface area contributed by atoms with Gasteiger partial charge in [0.2, 0.25) is 5.91 Å². The van der Waals surface area contributed by atoms with Gasteiger partial charge in [-0.25, -0.2) is 9.38 Å². The molecule has 142 valence electrons.